The van der Waals surface area contributed by atoms with Gasteiger partial charge < -0.3 is 20.9 Å². The summed E-state index contributed by atoms with van der Waals surface area (Å²) in [6, 6.07) is 0.205. The van der Waals surface area contributed by atoms with Crippen molar-refractivity contribution < 1.29 is 19.4 Å². The molecule has 1 aliphatic rings. The lowest BCUT2D eigenvalue weighted by atomic mass is 9.85. The minimum absolute atomic E-state index is 0.0378. The van der Waals surface area contributed by atoms with Crippen LogP contribution >= 0.6 is 0 Å². The maximum absolute atomic E-state index is 11.3. The average molecular weight is 258 g/mol. The molecule has 0 aliphatic heterocycles. The highest BCUT2D eigenvalue weighted by molar-refractivity contribution is 5.78. The van der Waals surface area contributed by atoms with Gasteiger partial charge in [0.05, 0.1) is 7.11 Å². The van der Waals surface area contributed by atoms with Gasteiger partial charge in [0.25, 0.3) is 0 Å². The normalized spacial score (nSPS) is 27.3. The molecule has 4 N–H and O–H groups in total. The molecule has 6 nitrogen and oxygen atoms in total. The average Bonchev–Trinajstić information content (AvgIpc) is 2.35. The van der Waals surface area contributed by atoms with Crippen LogP contribution in [0.15, 0.2) is 0 Å². The molecule has 6 heteroatoms. The fourth-order valence-electron chi connectivity index (χ4n) is 2.22. The van der Waals surface area contributed by atoms with Gasteiger partial charge in [-0.2, -0.15) is 0 Å². The number of aliphatic hydroxyl groups is 1. The number of nitrogens with two attached hydrogens (primary N) is 1. The van der Waals surface area contributed by atoms with E-state index in [0.29, 0.717) is 0 Å². The molecule has 1 atom stereocenters. The summed E-state index contributed by atoms with van der Waals surface area (Å²) in [5, 5.41) is 13.0. The topological polar surface area (TPSA) is 102 Å². The summed E-state index contributed by atoms with van der Waals surface area (Å²) in [6.45, 7) is 1.56. The number of primary amides is 1. The van der Waals surface area contributed by atoms with E-state index in [2.05, 4.69) is 10.1 Å². The van der Waals surface area contributed by atoms with Crippen LogP contribution in [0.5, 0.6) is 0 Å². The monoisotopic (exact) mass is 258 g/mol. The van der Waals surface area contributed by atoms with E-state index in [9.17, 15) is 14.7 Å². The van der Waals surface area contributed by atoms with Gasteiger partial charge in [0.2, 0.25) is 5.91 Å². The Kier molecular flexibility index (Phi) is 5.10. The Bertz CT molecular complexity index is 309. The van der Waals surface area contributed by atoms with E-state index in [4.69, 9.17) is 5.73 Å². The minimum atomic E-state index is -1.52. The maximum Gasteiger partial charge on any atom is 0.338 e. The second kappa shape index (κ2) is 6.15. The van der Waals surface area contributed by atoms with Gasteiger partial charge in [-0.25, -0.2) is 4.79 Å². The molecule has 1 fully saturated rings. The zero-order chi connectivity index (χ0) is 13.8. The molecular formula is C12H22N2O4. The molecule has 1 saturated carbocycles. The van der Waals surface area contributed by atoms with Crippen molar-refractivity contribution in [3.63, 3.8) is 0 Å². The molecule has 0 aromatic heterocycles. The van der Waals surface area contributed by atoms with Gasteiger partial charge in [-0.3, -0.25) is 4.79 Å². The van der Waals surface area contributed by atoms with Gasteiger partial charge in [-0.05, 0) is 32.6 Å². The molecule has 1 rings (SSSR count). The molecule has 0 aromatic rings. The highest BCUT2D eigenvalue weighted by Gasteiger charge is 2.33. The first-order chi connectivity index (χ1) is 8.36. The predicted molar refractivity (Wildman–Crippen MR) is 65.6 cm³/mol. The fraction of sp³-hybridized carbons (Fsp3) is 0.833. The summed E-state index contributed by atoms with van der Waals surface area (Å²) in [4.78, 5) is 22.3. The quantitative estimate of drug-likeness (QED) is 0.579. The van der Waals surface area contributed by atoms with Gasteiger partial charge in [0.1, 0.15) is 0 Å². The largest absolute Gasteiger partial charge is 0.467 e. The SMILES string of the molecule is COC(=O)C(C)(O)CNC1CCC(C(N)=O)CC1. The molecular weight excluding hydrogens is 236 g/mol. The number of hydrogen-bond donors (Lipinski definition) is 3. The summed E-state index contributed by atoms with van der Waals surface area (Å²) in [5.41, 5.74) is 3.73. The molecule has 0 spiro atoms. The molecule has 1 unspecified atom stereocenters. The van der Waals surface area contributed by atoms with E-state index >= 15 is 0 Å². The van der Waals surface area contributed by atoms with Crippen molar-refractivity contribution in [3.05, 3.63) is 0 Å². The Hall–Kier alpha value is -1.14. The number of esters is 1. The van der Waals surface area contributed by atoms with Gasteiger partial charge in [-0.1, -0.05) is 0 Å². The van der Waals surface area contributed by atoms with Crippen molar-refractivity contribution in [1.82, 2.24) is 5.32 Å². The van der Waals surface area contributed by atoms with E-state index < -0.39 is 11.6 Å². The third-order valence-electron chi connectivity index (χ3n) is 3.49. The van der Waals surface area contributed by atoms with Crippen LogP contribution in [0.3, 0.4) is 0 Å². The molecule has 1 amide bonds. The lowest BCUT2D eigenvalue weighted by Crippen LogP contribution is -2.49. The van der Waals surface area contributed by atoms with Crippen LogP contribution in [-0.4, -0.2) is 42.3 Å². The molecule has 1 aliphatic carbocycles. The molecule has 0 bridgehead atoms. The Morgan fingerprint density at radius 3 is 2.39 bits per heavy atom. The van der Waals surface area contributed by atoms with Crippen molar-refractivity contribution >= 4 is 11.9 Å². The lowest BCUT2D eigenvalue weighted by Gasteiger charge is -2.30. The number of carbonyl (C=O) groups excluding carboxylic acids is 2. The standard InChI is InChI=1S/C12H22N2O4/c1-12(17,11(16)18-2)7-14-9-5-3-8(4-6-9)10(13)15/h8-9,14,17H,3-7H2,1-2H3,(H2,13,15). The van der Waals surface area contributed by atoms with Gasteiger partial charge in [-0.15, -0.1) is 0 Å². The number of ether oxygens (including phenoxy) is 1. The maximum atomic E-state index is 11.3. The first kappa shape index (κ1) is 14.9. The number of nitrogens with one attached hydrogen (secondary N) is 1. The van der Waals surface area contributed by atoms with Crippen LogP contribution in [0.4, 0.5) is 0 Å². The van der Waals surface area contributed by atoms with Crippen LogP contribution in [0.25, 0.3) is 0 Å². The van der Waals surface area contributed by atoms with Crippen LogP contribution in [0.2, 0.25) is 0 Å². The van der Waals surface area contributed by atoms with E-state index in [1.54, 1.807) is 0 Å². The van der Waals surface area contributed by atoms with Gasteiger partial charge in [0, 0.05) is 18.5 Å². The van der Waals surface area contributed by atoms with Crippen molar-refractivity contribution in [3.8, 4) is 0 Å². The number of rotatable bonds is 5. The van der Waals surface area contributed by atoms with Crippen molar-refractivity contribution in [1.29, 1.82) is 0 Å². The second-order valence-corrected chi connectivity index (χ2v) is 5.10. The second-order valence-electron chi connectivity index (χ2n) is 5.10. The number of hydrogen-bond acceptors (Lipinski definition) is 5. The molecule has 0 radical (unpaired) electrons. The predicted octanol–water partition coefficient (Wildman–Crippen LogP) is -0.456. The van der Waals surface area contributed by atoms with Crippen LogP contribution in [0, 0.1) is 5.92 Å². The van der Waals surface area contributed by atoms with E-state index in [-0.39, 0.29) is 24.4 Å². The summed E-state index contributed by atoms with van der Waals surface area (Å²) >= 11 is 0. The van der Waals surface area contributed by atoms with Crippen molar-refractivity contribution in [2.45, 2.75) is 44.2 Å². The third kappa shape index (κ3) is 3.96. The molecule has 0 aromatic carbocycles. The molecule has 104 valence electrons. The first-order valence-corrected chi connectivity index (χ1v) is 6.20. The van der Waals surface area contributed by atoms with Crippen LogP contribution < -0.4 is 11.1 Å². The lowest BCUT2D eigenvalue weighted by molar-refractivity contribution is -0.160. The van der Waals surface area contributed by atoms with Crippen molar-refractivity contribution in [2.24, 2.45) is 11.7 Å². The van der Waals surface area contributed by atoms with E-state index in [0.717, 1.165) is 25.7 Å². The zero-order valence-electron chi connectivity index (χ0n) is 10.9. The Morgan fingerprint density at radius 2 is 1.94 bits per heavy atom. The van der Waals surface area contributed by atoms with E-state index in [1.807, 2.05) is 0 Å². The zero-order valence-corrected chi connectivity index (χ0v) is 10.9. The Morgan fingerprint density at radius 1 is 1.39 bits per heavy atom. The van der Waals surface area contributed by atoms with Crippen molar-refractivity contribution in [2.75, 3.05) is 13.7 Å². The summed E-state index contributed by atoms with van der Waals surface area (Å²) in [7, 11) is 1.24. The minimum Gasteiger partial charge on any atom is -0.467 e. The Balaban J connectivity index is 2.34. The number of carbonyl (C=O) groups is 2. The molecule has 18 heavy (non-hydrogen) atoms. The smallest absolute Gasteiger partial charge is 0.338 e. The summed E-state index contributed by atoms with van der Waals surface area (Å²) < 4.78 is 4.51. The third-order valence-corrected chi connectivity index (χ3v) is 3.49. The Labute approximate surface area is 107 Å². The van der Waals surface area contributed by atoms with Crippen LogP contribution in [0.1, 0.15) is 32.6 Å². The molecule has 0 saturated heterocycles. The summed E-state index contributed by atoms with van der Waals surface area (Å²) in [6.07, 6.45) is 3.16. The van der Waals surface area contributed by atoms with E-state index in [1.165, 1.54) is 14.0 Å². The fourth-order valence-corrected chi connectivity index (χ4v) is 2.22. The van der Waals surface area contributed by atoms with Gasteiger partial charge in [0.15, 0.2) is 5.60 Å². The summed E-state index contributed by atoms with van der Waals surface area (Å²) in [5.74, 6) is -0.931. The number of amides is 1. The first-order valence-electron chi connectivity index (χ1n) is 6.20. The number of methoxy groups -OCH3 is 1. The van der Waals surface area contributed by atoms with Gasteiger partial charge >= 0.3 is 5.97 Å². The highest BCUT2D eigenvalue weighted by atomic mass is 16.5. The highest BCUT2D eigenvalue weighted by Crippen LogP contribution is 2.24. The van der Waals surface area contributed by atoms with Crippen LogP contribution in [-0.2, 0) is 14.3 Å². The molecule has 0 heterocycles.